The number of carbonyl (C=O) groups is 1. The Labute approximate surface area is 155 Å². The van der Waals surface area contributed by atoms with E-state index in [1.165, 1.54) is 25.7 Å². The van der Waals surface area contributed by atoms with Gasteiger partial charge in [-0.15, -0.1) is 22.6 Å². The smallest absolute Gasteiger partial charge is 0.237 e. The van der Waals surface area contributed by atoms with Gasteiger partial charge in [-0.05, 0) is 31.4 Å². The summed E-state index contributed by atoms with van der Waals surface area (Å²) < 4.78 is 2.32. The predicted octanol–water partition coefficient (Wildman–Crippen LogP) is 2.57. The van der Waals surface area contributed by atoms with Crippen molar-refractivity contribution in [1.29, 1.82) is 0 Å². The summed E-state index contributed by atoms with van der Waals surface area (Å²) in [7, 11) is 0. The van der Waals surface area contributed by atoms with Crippen LogP contribution in [0.5, 0.6) is 0 Å². The first-order valence-corrected chi connectivity index (χ1v) is 9.78. The lowest BCUT2D eigenvalue weighted by Crippen LogP contribution is -2.44. The van der Waals surface area contributed by atoms with Crippen LogP contribution in [0.1, 0.15) is 57.8 Å². The number of nitrogens with one attached hydrogen (secondary N) is 1. The maximum absolute atomic E-state index is 11.8. The number of nitrogens with two attached hydrogens (primary N) is 1. The van der Waals surface area contributed by atoms with Gasteiger partial charge in [-0.1, -0.05) is 38.5 Å². The van der Waals surface area contributed by atoms with E-state index >= 15 is 0 Å². The highest BCUT2D eigenvalue weighted by molar-refractivity contribution is 7.98. The Balaban J connectivity index is 0.00000288. The molecule has 2 rings (SSSR count). The second-order valence-corrected chi connectivity index (χ2v) is 7.35. The van der Waals surface area contributed by atoms with Crippen molar-refractivity contribution in [2.75, 3.05) is 12.8 Å². The van der Waals surface area contributed by atoms with E-state index in [2.05, 4.69) is 20.1 Å². The summed E-state index contributed by atoms with van der Waals surface area (Å²) in [4.78, 5) is 11.8. The van der Waals surface area contributed by atoms with Crippen LogP contribution in [0, 0.1) is 5.92 Å². The molecule has 0 aliphatic heterocycles. The summed E-state index contributed by atoms with van der Waals surface area (Å²) in [5, 5.41) is 12.6. The van der Waals surface area contributed by atoms with Crippen LogP contribution in [-0.4, -0.2) is 39.5 Å². The molecule has 1 saturated carbocycles. The van der Waals surface area contributed by atoms with Crippen LogP contribution in [0.2, 0.25) is 0 Å². The van der Waals surface area contributed by atoms with E-state index in [0.717, 1.165) is 23.8 Å². The molecule has 138 valence electrons. The monoisotopic (exact) mass is 375 g/mol. The Morgan fingerprint density at radius 3 is 2.62 bits per heavy atom. The summed E-state index contributed by atoms with van der Waals surface area (Å²) in [5.74, 6) is 1.13. The standard InChI is InChI=1S/C16H29N5OS.ClH/c1-11(2)14(17)15(22)18-10-6-9-13-19-20-16(23-3)21(13)12-7-4-5-8-12;/h11-12,14H,4-10,17H2,1-3H3,(H,18,22);1H/t14-;/m0./s1. The first-order valence-electron chi connectivity index (χ1n) is 8.55. The first kappa shape index (κ1) is 21.3. The molecule has 0 spiro atoms. The molecule has 24 heavy (non-hydrogen) atoms. The Kier molecular flexibility index (Phi) is 9.08. The Bertz CT molecular complexity index is 517. The Morgan fingerprint density at radius 2 is 2.04 bits per heavy atom. The summed E-state index contributed by atoms with van der Waals surface area (Å²) in [6.45, 7) is 4.54. The van der Waals surface area contributed by atoms with Gasteiger partial charge in [0.1, 0.15) is 5.82 Å². The van der Waals surface area contributed by atoms with Crippen LogP contribution in [0.3, 0.4) is 0 Å². The number of hydrogen-bond donors (Lipinski definition) is 2. The maximum Gasteiger partial charge on any atom is 0.237 e. The molecule has 0 radical (unpaired) electrons. The zero-order valence-corrected chi connectivity index (χ0v) is 16.5. The highest BCUT2D eigenvalue weighted by atomic mass is 35.5. The van der Waals surface area contributed by atoms with Crippen molar-refractivity contribution < 1.29 is 4.79 Å². The van der Waals surface area contributed by atoms with Gasteiger partial charge >= 0.3 is 0 Å². The van der Waals surface area contributed by atoms with Gasteiger partial charge in [-0.25, -0.2) is 0 Å². The van der Waals surface area contributed by atoms with Crippen LogP contribution < -0.4 is 11.1 Å². The van der Waals surface area contributed by atoms with Crippen molar-refractivity contribution in [2.24, 2.45) is 11.7 Å². The van der Waals surface area contributed by atoms with Gasteiger partial charge in [-0.3, -0.25) is 4.79 Å². The molecule has 1 aliphatic carbocycles. The van der Waals surface area contributed by atoms with Crippen molar-refractivity contribution in [1.82, 2.24) is 20.1 Å². The molecule has 0 unspecified atom stereocenters. The molecule has 6 nitrogen and oxygen atoms in total. The number of halogens is 1. The number of thioether (sulfide) groups is 1. The molecular formula is C16H30ClN5OS. The van der Waals surface area contributed by atoms with Crippen LogP contribution in [-0.2, 0) is 11.2 Å². The second kappa shape index (κ2) is 10.3. The van der Waals surface area contributed by atoms with E-state index in [9.17, 15) is 4.79 Å². The molecule has 0 bridgehead atoms. The predicted molar refractivity (Wildman–Crippen MR) is 101 cm³/mol. The van der Waals surface area contributed by atoms with E-state index in [-0.39, 0.29) is 24.2 Å². The van der Waals surface area contributed by atoms with Crippen molar-refractivity contribution in [3.8, 4) is 0 Å². The molecule has 1 aromatic heterocycles. The molecule has 0 aromatic carbocycles. The van der Waals surface area contributed by atoms with Crippen LogP contribution in [0.15, 0.2) is 5.16 Å². The average Bonchev–Trinajstić information content (AvgIpc) is 3.18. The van der Waals surface area contributed by atoms with Crippen molar-refractivity contribution in [2.45, 2.75) is 69.6 Å². The third-order valence-corrected chi connectivity index (χ3v) is 5.15. The number of aryl methyl sites for hydroxylation is 1. The molecule has 1 aromatic rings. The molecule has 1 fully saturated rings. The minimum absolute atomic E-state index is 0. The topological polar surface area (TPSA) is 85.8 Å². The molecule has 1 amide bonds. The Hall–Kier alpha value is -0.790. The fourth-order valence-corrected chi connectivity index (χ4v) is 3.60. The summed E-state index contributed by atoms with van der Waals surface area (Å²) in [6, 6.07) is 0.117. The fraction of sp³-hybridized carbons (Fsp3) is 0.812. The minimum atomic E-state index is -0.430. The SMILES string of the molecule is CSc1nnc(CCCNC(=O)[C@@H](N)C(C)C)n1C1CCCC1.Cl. The molecule has 1 aliphatic rings. The summed E-state index contributed by atoms with van der Waals surface area (Å²) in [6.07, 6.45) is 8.76. The minimum Gasteiger partial charge on any atom is -0.355 e. The maximum atomic E-state index is 11.8. The zero-order chi connectivity index (χ0) is 16.8. The Morgan fingerprint density at radius 1 is 1.38 bits per heavy atom. The van der Waals surface area contributed by atoms with Crippen LogP contribution in [0.4, 0.5) is 0 Å². The normalized spacial score (nSPS) is 16.2. The molecule has 8 heteroatoms. The third-order valence-electron chi connectivity index (χ3n) is 4.50. The van der Waals surface area contributed by atoms with Gasteiger partial charge in [0.2, 0.25) is 5.91 Å². The number of hydrogen-bond acceptors (Lipinski definition) is 5. The van der Waals surface area contributed by atoms with Gasteiger partial charge in [0.05, 0.1) is 6.04 Å². The van der Waals surface area contributed by atoms with Gasteiger partial charge in [0, 0.05) is 19.0 Å². The van der Waals surface area contributed by atoms with Crippen molar-refractivity contribution in [3.05, 3.63) is 5.82 Å². The van der Waals surface area contributed by atoms with E-state index in [1.54, 1.807) is 11.8 Å². The van der Waals surface area contributed by atoms with Gasteiger partial charge in [0.15, 0.2) is 5.16 Å². The number of aromatic nitrogens is 3. The number of nitrogens with zero attached hydrogens (tertiary/aromatic N) is 3. The van der Waals surface area contributed by atoms with E-state index < -0.39 is 6.04 Å². The molecule has 0 saturated heterocycles. The van der Waals surface area contributed by atoms with E-state index in [0.29, 0.717) is 12.6 Å². The number of carbonyl (C=O) groups excluding carboxylic acids is 1. The van der Waals surface area contributed by atoms with Gasteiger partial charge < -0.3 is 15.6 Å². The highest BCUT2D eigenvalue weighted by Crippen LogP contribution is 2.33. The summed E-state index contributed by atoms with van der Waals surface area (Å²) in [5.41, 5.74) is 5.84. The van der Waals surface area contributed by atoms with Crippen molar-refractivity contribution >= 4 is 30.1 Å². The quantitative estimate of drug-likeness (QED) is 0.538. The number of amides is 1. The van der Waals surface area contributed by atoms with Crippen molar-refractivity contribution in [3.63, 3.8) is 0 Å². The lowest BCUT2D eigenvalue weighted by Gasteiger charge is -2.17. The summed E-state index contributed by atoms with van der Waals surface area (Å²) >= 11 is 1.66. The van der Waals surface area contributed by atoms with E-state index in [1.807, 2.05) is 20.1 Å². The largest absolute Gasteiger partial charge is 0.355 e. The average molecular weight is 376 g/mol. The second-order valence-electron chi connectivity index (χ2n) is 6.58. The van der Waals surface area contributed by atoms with Gasteiger partial charge in [0.25, 0.3) is 0 Å². The molecule has 1 atom stereocenters. The molecule has 1 heterocycles. The van der Waals surface area contributed by atoms with Gasteiger partial charge in [-0.2, -0.15) is 0 Å². The molecular weight excluding hydrogens is 346 g/mol. The lowest BCUT2D eigenvalue weighted by atomic mass is 10.1. The third kappa shape index (κ3) is 5.36. The number of rotatable bonds is 8. The molecule has 3 N–H and O–H groups in total. The first-order chi connectivity index (χ1) is 11.0. The van der Waals surface area contributed by atoms with E-state index in [4.69, 9.17) is 5.73 Å². The fourth-order valence-electron chi connectivity index (χ4n) is 3.02. The zero-order valence-electron chi connectivity index (χ0n) is 14.8. The highest BCUT2D eigenvalue weighted by Gasteiger charge is 2.23. The van der Waals surface area contributed by atoms with Crippen LogP contribution in [0.25, 0.3) is 0 Å². The lowest BCUT2D eigenvalue weighted by molar-refractivity contribution is -0.123. The van der Waals surface area contributed by atoms with Crippen LogP contribution >= 0.6 is 24.2 Å².